The molecule has 0 spiro atoms. The highest BCUT2D eigenvalue weighted by Crippen LogP contribution is 2.13. The van der Waals surface area contributed by atoms with Crippen molar-refractivity contribution >= 4 is 17.3 Å². The number of hydrogen-bond donors (Lipinski definition) is 2. The number of benzene rings is 1. The number of amides is 1. The van der Waals surface area contributed by atoms with E-state index in [1.807, 2.05) is 32.0 Å². The van der Waals surface area contributed by atoms with E-state index in [0.29, 0.717) is 5.69 Å². The topological polar surface area (TPSA) is 61.7 Å². The van der Waals surface area contributed by atoms with Crippen LogP contribution in [0.15, 0.2) is 36.0 Å². The molecule has 0 radical (unpaired) electrons. The monoisotopic (exact) mass is 218 g/mol. The summed E-state index contributed by atoms with van der Waals surface area (Å²) in [6, 6.07) is 5.68. The lowest BCUT2D eigenvalue weighted by molar-refractivity contribution is -0.110. The summed E-state index contributed by atoms with van der Waals surface area (Å²) in [4.78, 5) is 11.5. The predicted octanol–water partition coefficient (Wildman–Crippen LogP) is 2.26. The van der Waals surface area contributed by atoms with Crippen molar-refractivity contribution in [3.63, 3.8) is 0 Å². The van der Waals surface area contributed by atoms with E-state index in [0.717, 1.165) is 11.1 Å². The van der Waals surface area contributed by atoms with Gasteiger partial charge in [0, 0.05) is 5.69 Å². The Labute approximate surface area is 94.3 Å². The van der Waals surface area contributed by atoms with Crippen LogP contribution in [0.1, 0.15) is 11.1 Å². The number of aryl methyl sites for hydroxylation is 2. The van der Waals surface area contributed by atoms with E-state index in [1.165, 1.54) is 6.08 Å². The molecule has 4 nitrogen and oxygen atoms in total. The van der Waals surface area contributed by atoms with E-state index in [1.54, 1.807) is 0 Å². The van der Waals surface area contributed by atoms with Crippen molar-refractivity contribution in [3.8, 4) is 0 Å². The molecule has 0 bridgehead atoms. The summed E-state index contributed by atoms with van der Waals surface area (Å²) in [6.07, 6.45) is 1.19. The van der Waals surface area contributed by atoms with E-state index in [2.05, 4.69) is 17.1 Å². The zero-order valence-electron chi connectivity index (χ0n) is 9.32. The van der Waals surface area contributed by atoms with Crippen LogP contribution >= 0.6 is 0 Å². The quantitative estimate of drug-likeness (QED) is 0.464. The fraction of sp³-hybridized carbons (Fsp3) is 0.167. The molecule has 0 heterocycles. The molecule has 0 saturated carbocycles. The van der Waals surface area contributed by atoms with Crippen LogP contribution < -0.4 is 5.32 Å². The second-order valence-electron chi connectivity index (χ2n) is 3.52. The summed E-state index contributed by atoms with van der Waals surface area (Å²) < 4.78 is 0. The maximum atomic E-state index is 11.5. The Kier molecular flexibility index (Phi) is 3.83. The van der Waals surface area contributed by atoms with Gasteiger partial charge in [-0.15, -0.1) is 0 Å². The number of rotatable bonds is 3. The van der Waals surface area contributed by atoms with E-state index in [-0.39, 0.29) is 5.71 Å². The Morgan fingerprint density at radius 3 is 2.38 bits per heavy atom. The molecule has 0 unspecified atom stereocenters. The van der Waals surface area contributed by atoms with Gasteiger partial charge in [-0.3, -0.25) is 4.79 Å². The molecule has 0 aromatic heterocycles. The number of anilines is 1. The third-order valence-corrected chi connectivity index (χ3v) is 2.01. The van der Waals surface area contributed by atoms with Crippen LogP contribution in [-0.4, -0.2) is 16.8 Å². The minimum absolute atomic E-state index is 0.112. The van der Waals surface area contributed by atoms with Crippen molar-refractivity contribution < 1.29 is 10.0 Å². The van der Waals surface area contributed by atoms with Crippen LogP contribution in [0.5, 0.6) is 0 Å². The lowest BCUT2D eigenvalue weighted by atomic mass is 10.1. The van der Waals surface area contributed by atoms with Crippen molar-refractivity contribution in [1.82, 2.24) is 0 Å². The van der Waals surface area contributed by atoms with Gasteiger partial charge in [-0.1, -0.05) is 17.8 Å². The lowest BCUT2D eigenvalue weighted by Crippen LogP contribution is -2.21. The van der Waals surface area contributed by atoms with Gasteiger partial charge in [0.25, 0.3) is 5.91 Å². The highest BCUT2D eigenvalue weighted by atomic mass is 16.4. The Balaban J connectivity index is 2.88. The van der Waals surface area contributed by atoms with Crippen LogP contribution in [0.4, 0.5) is 5.69 Å². The summed E-state index contributed by atoms with van der Waals surface area (Å²) >= 11 is 0. The molecule has 84 valence electrons. The molecule has 0 saturated heterocycles. The third kappa shape index (κ3) is 2.95. The highest BCUT2D eigenvalue weighted by molar-refractivity contribution is 6.46. The van der Waals surface area contributed by atoms with E-state index in [9.17, 15) is 4.79 Å². The van der Waals surface area contributed by atoms with Gasteiger partial charge >= 0.3 is 0 Å². The average molecular weight is 218 g/mol. The van der Waals surface area contributed by atoms with Gasteiger partial charge in [-0.2, -0.15) is 0 Å². The first-order valence-electron chi connectivity index (χ1n) is 4.81. The fourth-order valence-corrected chi connectivity index (χ4v) is 1.42. The summed E-state index contributed by atoms with van der Waals surface area (Å²) in [5, 5.41) is 14.0. The van der Waals surface area contributed by atoms with Gasteiger partial charge in [0.1, 0.15) is 0 Å². The van der Waals surface area contributed by atoms with Crippen molar-refractivity contribution in [2.75, 3.05) is 5.32 Å². The number of carbonyl (C=O) groups is 1. The normalized spacial score (nSPS) is 11.0. The van der Waals surface area contributed by atoms with Crippen molar-refractivity contribution in [2.45, 2.75) is 13.8 Å². The van der Waals surface area contributed by atoms with Gasteiger partial charge in [0.2, 0.25) is 0 Å². The standard InChI is InChI=1S/C12H14N2O2/c1-4-11(14-16)12(15)13-10-6-8(2)5-9(3)7-10/h4-7,16H,1H2,2-3H3,(H,13,15). The summed E-state index contributed by atoms with van der Waals surface area (Å²) in [6.45, 7) is 7.26. The van der Waals surface area contributed by atoms with Crippen molar-refractivity contribution in [3.05, 3.63) is 42.0 Å². The zero-order chi connectivity index (χ0) is 12.1. The molecule has 0 aliphatic carbocycles. The highest BCUT2D eigenvalue weighted by Gasteiger charge is 2.08. The minimum Gasteiger partial charge on any atom is -0.410 e. The minimum atomic E-state index is -0.484. The molecule has 4 heteroatoms. The molecule has 0 aliphatic rings. The first-order valence-corrected chi connectivity index (χ1v) is 4.81. The van der Waals surface area contributed by atoms with Crippen molar-refractivity contribution in [2.24, 2.45) is 5.16 Å². The van der Waals surface area contributed by atoms with E-state index < -0.39 is 5.91 Å². The average Bonchev–Trinajstić information content (AvgIpc) is 2.17. The molecule has 0 atom stereocenters. The van der Waals surface area contributed by atoms with Gasteiger partial charge in [0.05, 0.1) is 0 Å². The number of oxime groups is 1. The smallest absolute Gasteiger partial charge is 0.277 e. The SMILES string of the molecule is C=CC(=NO)C(=O)Nc1cc(C)cc(C)c1. The van der Waals surface area contributed by atoms with Gasteiger partial charge in [-0.05, 0) is 43.2 Å². The third-order valence-electron chi connectivity index (χ3n) is 2.01. The van der Waals surface area contributed by atoms with Gasteiger partial charge in [0.15, 0.2) is 5.71 Å². The summed E-state index contributed by atoms with van der Waals surface area (Å²) in [5.74, 6) is -0.484. The van der Waals surface area contributed by atoms with Crippen LogP contribution in [-0.2, 0) is 4.79 Å². The van der Waals surface area contributed by atoms with Gasteiger partial charge in [-0.25, -0.2) is 0 Å². The first-order chi connectivity index (χ1) is 7.56. The van der Waals surface area contributed by atoms with Crippen LogP contribution in [0.2, 0.25) is 0 Å². The van der Waals surface area contributed by atoms with Gasteiger partial charge < -0.3 is 10.5 Å². The lowest BCUT2D eigenvalue weighted by Gasteiger charge is -2.06. The Bertz CT molecular complexity index is 430. The fourth-order valence-electron chi connectivity index (χ4n) is 1.42. The Morgan fingerprint density at radius 2 is 1.94 bits per heavy atom. The maximum Gasteiger partial charge on any atom is 0.277 e. The largest absolute Gasteiger partial charge is 0.410 e. The van der Waals surface area contributed by atoms with E-state index in [4.69, 9.17) is 5.21 Å². The molecule has 16 heavy (non-hydrogen) atoms. The maximum absolute atomic E-state index is 11.5. The molecule has 1 aromatic rings. The summed E-state index contributed by atoms with van der Waals surface area (Å²) in [5.41, 5.74) is 2.66. The Hall–Kier alpha value is -2.10. The second-order valence-corrected chi connectivity index (χ2v) is 3.52. The molecule has 1 rings (SSSR count). The Morgan fingerprint density at radius 1 is 1.38 bits per heavy atom. The van der Waals surface area contributed by atoms with Crippen molar-refractivity contribution in [1.29, 1.82) is 0 Å². The first kappa shape index (κ1) is 12.0. The van der Waals surface area contributed by atoms with Crippen LogP contribution in [0.3, 0.4) is 0 Å². The molecule has 0 fully saturated rings. The second kappa shape index (κ2) is 5.11. The molecule has 0 aliphatic heterocycles. The summed E-state index contributed by atoms with van der Waals surface area (Å²) in [7, 11) is 0. The number of nitrogens with one attached hydrogen (secondary N) is 1. The van der Waals surface area contributed by atoms with Crippen LogP contribution in [0, 0.1) is 13.8 Å². The number of carbonyl (C=O) groups excluding carboxylic acids is 1. The number of nitrogens with zero attached hydrogens (tertiary/aromatic N) is 1. The molecule has 1 amide bonds. The molecule has 1 aromatic carbocycles. The van der Waals surface area contributed by atoms with E-state index >= 15 is 0 Å². The molecular weight excluding hydrogens is 204 g/mol. The van der Waals surface area contributed by atoms with Crippen LogP contribution in [0.25, 0.3) is 0 Å². The predicted molar refractivity (Wildman–Crippen MR) is 64.0 cm³/mol. The molecular formula is C12H14N2O2. The molecule has 2 N–H and O–H groups in total. The zero-order valence-corrected chi connectivity index (χ0v) is 9.32. The number of hydrogen-bond acceptors (Lipinski definition) is 3.